The summed E-state index contributed by atoms with van der Waals surface area (Å²) >= 11 is 6.02. The monoisotopic (exact) mass is 514 g/mol. The predicted octanol–water partition coefficient (Wildman–Crippen LogP) is 4.22. The van der Waals surface area contributed by atoms with Gasteiger partial charge in [-0.2, -0.15) is 0 Å². The molecule has 0 spiro atoms. The van der Waals surface area contributed by atoms with E-state index in [1.807, 2.05) is 45.9 Å². The molecule has 1 aliphatic heterocycles. The summed E-state index contributed by atoms with van der Waals surface area (Å²) in [6, 6.07) is 15.8. The number of rotatable bonds is 11. The van der Waals surface area contributed by atoms with Gasteiger partial charge in [0.25, 0.3) is 5.91 Å². The normalized spacial score (nSPS) is 17.9. The Morgan fingerprint density at radius 1 is 1.00 bits per heavy atom. The van der Waals surface area contributed by atoms with Crippen LogP contribution in [-0.4, -0.2) is 55.8 Å². The Kier molecular flexibility index (Phi) is 9.58. The summed E-state index contributed by atoms with van der Waals surface area (Å²) in [5, 5.41) is 6.26. The number of hydrogen-bond donors (Lipinski definition) is 2. The van der Waals surface area contributed by atoms with Crippen LogP contribution in [0.5, 0.6) is 0 Å². The van der Waals surface area contributed by atoms with Crippen LogP contribution in [0.4, 0.5) is 0 Å². The van der Waals surface area contributed by atoms with E-state index >= 15 is 0 Å². The third kappa shape index (κ3) is 7.32. The molecule has 1 aliphatic rings. The fourth-order valence-electron chi connectivity index (χ4n) is 4.00. The maximum Gasteiger partial charge on any atom is 0.481 e. The van der Waals surface area contributed by atoms with Crippen molar-refractivity contribution in [1.29, 1.82) is 0 Å². The Morgan fingerprint density at radius 3 is 2.28 bits per heavy atom. The van der Waals surface area contributed by atoms with Gasteiger partial charge in [0.1, 0.15) is 6.04 Å². The topological polar surface area (TPSA) is 85.9 Å². The van der Waals surface area contributed by atoms with Gasteiger partial charge in [-0.15, -0.1) is 0 Å². The van der Waals surface area contributed by atoms with Crippen molar-refractivity contribution in [3.8, 4) is 0 Å². The van der Waals surface area contributed by atoms with E-state index in [2.05, 4.69) is 22.8 Å². The first-order valence-corrected chi connectivity index (χ1v) is 12.7. The van der Waals surface area contributed by atoms with E-state index in [0.717, 1.165) is 12.8 Å². The second-order valence-corrected chi connectivity index (χ2v) is 10.5. The minimum atomic E-state index is -0.902. The van der Waals surface area contributed by atoms with Crippen LogP contribution in [0.1, 0.15) is 56.5 Å². The Labute approximate surface area is 219 Å². The average molecular weight is 515 g/mol. The highest BCUT2D eigenvalue weighted by Crippen LogP contribution is 2.38. The molecule has 0 aromatic heterocycles. The quantitative estimate of drug-likeness (QED) is 0.439. The molecule has 0 radical (unpaired) electrons. The zero-order valence-corrected chi connectivity index (χ0v) is 22.4. The number of nitrogens with one attached hydrogen (secondary N) is 2. The molecule has 36 heavy (non-hydrogen) atoms. The maximum atomic E-state index is 13.3. The van der Waals surface area contributed by atoms with Crippen LogP contribution in [0.2, 0.25) is 5.02 Å². The SMILES string of the molecule is COCC(NC(=O)c1cccc(Cl)c1)C(=O)N[C@@H](CCCc1ccccc1)B1OC(C)(C)C(C)(C)O1. The number of halogens is 1. The largest absolute Gasteiger partial charge is 0.481 e. The van der Waals surface area contributed by atoms with Crippen LogP contribution in [0.3, 0.4) is 0 Å². The van der Waals surface area contributed by atoms with Crippen molar-refractivity contribution in [2.24, 2.45) is 0 Å². The minimum Gasteiger partial charge on any atom is -0.402 e. The van der Waals surface area contributed by atoms with E-state index < -0.39 is 36.2 Å². The molecule has 9 heteroatoms. The first kappa shape index (κ1) is 28.2. The van der Waals surface area contributed by atoms with Gasteiger partial charge in [0.05, 0.1) is 23.8 Å². The number of aryl methyl sites for hydroxylation is 1. The number of carbonyl (C=O) groups is 2. The van der Waals surface area contributed by atoms with Gasteiger partial charge in [0, 0.05) is 17.7 Å². The Hall–Kier alpha value is -2.39. The summed E-state index contributed by atoms with van der Waals surface area (Å²) in [4.78, 5) is 26.1. The summed E-state index contributed by atoms with van der Waals surface area (Å²) in [5.41, 5.74) is 0.517. The Morgan fingerprint density at radius 2 is 1.67 bits per heavy atom. The molecule has 1 heterocycles. The summed E-state index contributed by atoms with van der Waals surface area (Å²) in [6.45, 7) is 7.94. The van der Waals surface area contributed by atoms with Crippen molar-refractivity contribution in [2.75, 3.05) is 13.7 Å². The molecule has 1 unspecified atom stereocenters. The van der Waals surface area contributed by atoms with E-state index in [9.17, 15) is 9.59 Å². The van der Waals surface area contributed by atoms with Crippen molar-refractivity contribution in [3.63, 3.8) is 0 Å². The molecule has 3 rings (SSSR count). The van der Waals surface area contributed by atoms with E-state index in [1.165, 1.54) is 12.7 Å². The van der Waals surface area contributed by atoms with Crippen molar-refractivity contribution in [3.05, 3.63) is 70.7 Å². The highest BCUT2D eigenvalue weighted by Gasteiger charge is 2.54. The number of benzene rings is 2. The molecule has 1 saturated heterocycles. The second-order valence-electron chi connectivity index (χ2n) is 10.1. The lowest BCUT2D eigenvalue weighted by Gasteiger charge is -2.32. The van der Waals surface area contributed by atoms with Gasteiger partial charge in [0.2, 0.25) is 5.91 Å². The molecule has 2 amide bonds. The van der Waals surface area contributed by atoms with Crippen LogP contribution >= 0.6 is 11.6 Å². The standard InChI is InChI=1S/C27H36BClN2O5/c1-26(2)27(3,4)36-28(35-26)23(16-9-13-19-11-7-6-8-12-19)31-25(33)22(18-34-5)30-24(32)20-14-10-15-21(29)17-20/h6-8,10-12,14-15,17,22-23H,9,13,16,18H2,1-5H3,(H,30,32)(H,31,33)/t22?,23-/m0/s1. The van der Waals surface area contributed by atoms with Crippen LogP contribution in [0.25, 0.3) is 0 Å². The van der Waals surface area contributed by atoms with E-state index in [4.69, 9.17) is 25.6 Å². The molecule has 2 atom stereocenters. The van der Waals surface area contributed by atoms with E-state index in [1.54, 1.807) is 24.3 Å². The molecule has 0 saturated carbocycles. The number of hydrogen-bond acceptors (Lipinski definition) is 5. The van der Waals surface area contributed by atoms with Crippen LogP contribution in [-0.2, 0) is 25.3 Å². The van der Waals surface area contributed by atoms with Crippen molar-refractivity contribution in [2.45, 2.75) is 70.1 Å². The zero-order chi connectivity index (χ0) is 26.3. The molecule has 0 bridgehead atoms. The smallest absolute Gasteiger partial charge is 0.402 e. The van der Waals surface area contributed by atoms with Crippen molar-refractivity contribution >= 4 is 30.5 Å². The highest BCUT2D eigenvalue weighted by molar-refractivity contribution is 6.48. The van der Waals surface area contributed by atoms with Gasteiger partial charge >= 0.3 is 7.12 Å². The predicted molar refractivity (Wildman–Crippen MR) is 142 cm³/mol. The molecule has 2 N–H and O–H groups in total. The van der Waals surface area contributed by atoms with Crippen LogP contribution in [0.15, 0.2) is 54.6 Å². The number of carbonyl (C=O) groups excluding carboxylic acids is 2. The molecule has 0 aliphatic carbocycles. The fourth-order valence-corrected chi connectivity index (χ4v) is 4.19. The van der Waals surface area contributed by atoms with Crippen molar-refractivity contribution < 1.29 is 23.6 Å². The summed E-state index contributed by atoms with van der Waals surface area (Å²) in [6.07, 6.45) is 2.32. The molecular formula is C27H36BClN2O5. The first-order valence-electron chi connectivity index (χ1n) is 12.3. The van der Waals surface area contributed by atoms with Gasteiger partial charge < -0.3 is 24.7 Å². The van der Waals surface area contributed by atoms with Gasteiger partial charge in [-0.05, 0) is 70.7 Å². The van der Waals surface area contributed by atoms with Gasteiger partial charge in [-0.25, -0.2) is 0 Å². The molecule has 2 aromatic carbocycles. The third-order valence-electron chi connectivity index (χ3n) is 6.79. The molecule has 7 nitrogen and oxygen atoms in total. The third-order valence-corrected chi connectivity index (χ3v) is 7.03. The molecular weight excluding hydrogens is 479 g/mol. The lowest BCUT2D eigenvalue weighted by atomic mass is 9.75. The summed E-state index contributed by atoms with van der Waals surface area (Å²) in [7, 11) is 0.860. The lowest BCUT2D eigenvalue weighted by molar-refractivity contribution is -0.124. The minimum absolute atomic E-state index is 0.0121. The number of amides is 2. The van der Waals surface area contributed by atoms with Crippen molar-refractivity contribution in [1.82, 2.24) is 10.6 Å². The molecule has 1 fully saturated rings. The highest BCUT2D eigenvalue weighted by atomic mass is 35.5. The Balaban J connectivity index is 1.72. The van der Waals surface area contributed by atoms with E-state index in [0.29, 0.717) is 17.0 Å². The van der Waals surface area contributed by atoms with Crippen LogP contribution in [0, 0.1) is 0 Å². The zero-order valence-electron chi connectivity index (χ0n) is 21.7. The van der Waals surface area contributed by atoms with Crippen LogP contribution < -0.4 is 10.6 Å². The van der Waals surface area contributed by atoms with E-state index in [-0.39, 0.29) is 12.5 Å². The number of ether oxygens (including phenoxy) is 1. The summed E-state index contributed by atoms with van der Waals surface area (Å²) in [5.74, 6) is -1.19. The molecule has 2 aromatic rings. The average Bonchev–Trinajstić information content (AvgIpc) is 3.05. The molecule has 194 valence electrons. The lowest BCUT2D eigenvalue weighted by Crippen LogP contribution is -2.56. The maximum absolute atomic E-state index is 13.3. The van der Waals surface area contributed by atoms with Gasteiger partial charge in [0.15, 0.2) is 0 Å². The van der Waals surface area contributed by atoms with Gasteiger partial charge in [-0.3, -0.25) is 9.59 Å². The van der Waals surface area contributed by atoms with Gasteiger partial charge in [-0.1, -0.05) is 48.0 Å². The fraction of sp³-hybridized carbons (Fsp3) is 0.481. The first-order chi connectivity index (χ1) is 17.0. The summed E-state index contributed by atoms with van der Waals surface area (Å²) < 4.78 is 17.8. The number of methoxy groups -OCH3 is 1. The second kappa shape index (κ2) is 12.2. The Bertz CT molecular complexity index is 1020.